The predicted octanol–water partition coefficient (Wildman–Crippen LogP) is 2.12. The zero-order valence-electron chi connectivity index (χ0n) is 11.6. The van der Waals surface area contributed by atoms with Crippen molar-refractivity contribution in [3.05, 3.63) is 30.3 Å². The van der Waals surface area contributed by atoms with Gasteiger partial charge in [-0.2, -0.15) is 0 Å². The Morgan fingerprint density at radius 1 is 1.25 bits per heavy atom. The Labute approximate surface area is 119 Å². The van der Waals surface area contributed by atoms with E-state index in [1.807, 2.05) is 30.3 Å². The second-order valence-corrected chi connectivity index (χ2v) is 7.50. The molecule has 1 N–H and O–H groups in total. The van der Waals surface area contributed by atoms with E-state index in [9.17, 15) is 13.2 Å². The molecule has 5 nitrogen and oxygen atoms in total. The van der Waals surface area contributed by atoms with E-state index in [0.29, 0.717) is 25.9 Å². The van der Waals surface area contributed by atoms with Crippen LogP contribution in [-0.4, -0.2) is 43.4 Å². The van der Waals surface area contributed by atoms with E-state index in [4.69, 9.17) is 0 Å². The Balaban J connectivity index is 1.89. The van der Waals surface area contributed by atoms with Crippen LogP contribution < -0.4 is 5.32 Å². The van der Waals surface area contributed by atoms with Gasteiger partial charge in [-0.1, -0.05) is 25.1 Å². The van der Waals surface area contributed by atoms with Crippen LogP contribution in [0.25, 0.3) is 0 Å². The highest BCUT2D eigenvalue weighted by Crippen LogP contribution is 2.19. The Morgan fingerprint density at radius 3 is 2.40 bits per heavy atom. The van der Waals surface area contributed by atoms with Crippen molar-refractivity contribution in [2.24, 2.45) is 0 Å². The van der Waals surface area contributed by atoms with Gasteiger partial charge in [-0.3, -0.25) is 0 Å². The van der Waals surface area contributed by atoms with E-state index in [0.717, 1.165) is 5.69 Å². The minimum absolute atomic E-state index is 0.163. The normalized spacial score (nSPS) is 16.9. The van der Waals surface area contributed by atoms with Crippen LogP contribution in [0.3, 0.4) is 0 Å². The van der Waals surface area contributed by atoms with Crippen LogP contribution in [0.15, 0.2) is 30.3 Å². The van der Waals surface area contributed by atoms with Gasteiger partial charge in [-0.15, -0.1) is 0 Å². The van der Waals surface area contributed by atoms with E-state index < -0.39 is 9.84 Å². The summed E-state index contributed by atoms with van der Waals surface area (Å²) >= 11 is 0. The Kier molecular flexibility index (Phi) is 4.65. The van der Waals surface area contributed by atoms with Crippen molar-refractivity contribution >= 4 is 21.6 Å². The number of sulfone groups is 1. The Morgan fingerprint density at radius 2 is 1.85 bits per heavy atom. The third-order valence-corrected chi connectivity index (χ3v) is 5.96. The number of amides is 2. The van der Waals surface area contributed by atoms with Crippen molar-refractivity contribution in [3.8, 4) is 0 Å². The third-order valence-electron chi connectivity index (χ3n) is 3.66. The summed E-state index contributed by atoms with van der Waals surface area (Å²) in [5.74, 6) is 0.174. The van der Waals surface area contributed by atoms with E-state index in [2.05, 4.69) is 5.32 Å². The molecule has 0 unspecified atom stereocenters. The lowest BCUT2D eigenvalue weighted by molar-refractivity contribution is 0.200. The molecule has 0 spiro atoms. The summed E-state index contributed by atoms with van der Waals surface area (Å²) in [5.41, 5.74) is 0.751. The fourth-order valence-electron chi connectivity index (χ4n) is 2.38. The van der Waals surface area contributed by atoms with Crippen molar-refractivity contribution < 1.29 is 13.2 Å². The number of hydrogen-bond acceptors (Lipinski definition) is 3. The number of hydrogen-bond donors (Lipinski definition) is 1. The molecule has 20 heavy (non-hydrogen) atoms. The maximum Gasteiger partial charge on any atom is 0.321 e. The van der Waals surface area contributed by atoms with Crippen molar-refractivity contribution in [3.63, 3.8) is 0 Å². The molecule has 1 heterocycles. The molecule has 110 valence electrons. The second kappa shape index (κ2) is 6.26. The van der Waals surface area contributed by atoms with Gasteiger partial charge in [0.05, 0.1) is 5.25 Å². The lowest BCUT2D eigenvalue weighted by Crippen LogP contribution is -2.44. The molecule has 1 aliphatic heterocycles. The van der Waals surface area contributed by atoms with Crippen LogP contribution in [-0.2, 0) is 9.84 Å². The zero-order valence-corrected chi connectivity index (χ0v) is 12.4. The average molecular weight is 296 g/mol. The van der Waals surface area contributed by atoms with E-state index in [1.54, 1.807) is 11.8 Å². The molecule has 1 aromatic rings. The molecule has 0 bridgehead atoms. The fourth-order valence-corrected chi connectivity index (χ4v) is 3.78. The maximum atomic E-state index is 12.1. The number of carbonyl (C=O) groups is 1. The monoisotopic (exact) mass is 296 g/mol. The van der Waals surface area contributed by atoms with Crippen LogP contribution in [0, 0.1) is 0 Å². The standard InChI is InChI=1S/C14H20N2O3S/c1-2-20(18,19)13-8-10-16(11-9-13)14(17)15-12-6-4-3-5-7-12/h3-7,13H,2,8-11H2,1H3,(H,15,17). The summed E-state index contributed by atoms with van der Waals surface area (Å²) in [5, 5.41) is 2.52. The number of carbonyl (C=O) groups excluding carboxylic acids is 1. The first-order valence-electron chi connectivity index (χ1n) is 6.85. The summed E-state index contributed by atoms with van der Waals surface area (Å²) in [4.78, 5) is 13.7. The van der Waals surface area contributed by atoms with Crippen LogP contribution in [0.2, 0.25) is 0 Å². The molecule has 1 aromatic carbocycles. The number of rotatable bonds is 3. The van der Waals surface area contributed by atoms with E-state index >= 15 is 0 Å². The summed E-state index contributed by atoms with van der Waals surface area (Å²) in [6.45, 7) is 2.65. The van der Waals surface area contributed by atoms with Crippen molar-refractivity contribution in [2.45, 2.75) is 25.0 Å². The van der Waals surface area contributed by atoms with Gasteiger partial charge in [-0.25, -0.2) is 13.2 Å². The van der Waals surface area contributed by atoms with Crippen LogP contribution in [0.1, 0.15) is 19.8 Å². The number of urea groups is 1. The van der Waals surface area contributed by atoms with Crippen molar-refractivity contribution in [1.29, 1.82) is 0 Å². The first-order chi connectivity index (χ1) is 9.53. The highest BCUT2D eigenvalue weighted by atomic mass is 32.2. The highest BCUT2D eigenvalue weighted by molar-refractivity contribution is 7.92. The topological polar surface area (TPSA) is 66.5 Å². The first-order valence-corrected chi connectivity index (χ1v) is 8.57. The molecule has 6 heteroatoms. The van der Waals surface area contributed by atoms with Crippen LogP contribution >= 0.6 is 0 Å². The van der Waals surface area contributed by atoms with Gasteiger partial charge in [0.2, 0.25) is 0 Å². The smallest absolute Gasteiger partial charge is 0.321 e. The number of nitrogens with zero attached hydrogens (tertiary/aromatic N) is 1. The molecule has 2 rings (SSSR count). The van der Waals surface area contributed by atoms with Gasteiger partial charge in [0.1, 0.15) is 0 Å². The largest absolute Gasteiger partial charge is 0.324 e. The number of piperidine rings is 1. The van der Waals surface area contributed by atoms with Gasteiger partial charge < -0.3 is 10.2 Å². The Hall–Kier alpha value is -1.56. The quantitative estimate of drug-likeness (QED) is 0.929. The average Bonchev–Trinajstić information content (AvgIpc) is 2.48. The third kappa shape index (κ3) is 3.50. The molecule has 0 radical (unpaired) electrons. The molecular formula is C14H20N2O3S. The zero-order chi connectivity index (χ0) is 14.6. The van der Waals surface area contributed by atoms with Gasteiger partial charge in [0.15, 0.2) is 9.84 Å². The van der Waals surface area contributed by atoms with E-state index in [1.165, 1.54) is 0 Å². The van der Waals surface area contributed by atoms with Crippen molar-refractivity contribution in [2.75, 3.05) is 24.2 Å². The van der Waals surface area contributed by atoms with E-state index in [-0.39, 0.29) is 17.0 Å². The lowest BCUT2D eigenvalue weighted by atomic mass is 10.1. The highest BCUT2D eigenvalue weighted by Gasteiger charge is 2.30. The lowest BCUT2D eigenvalue weighted by Gasteiger charge is -2.31. The number of likely N-dealkylation sites (tertiary alicyclic amines) is 1. The minimum atomic E-state index is -2.99. The molecule has 0 saturated carbocycles. The maximum absolute atomic E-state index is 12.1. The predicted molar refractivity (Wildman–Crippen MR) is 79.5 cm³/mol. The Bertz CT molecular complexity index is 549. The second-order valence-electron chi connectivity index (χ2n) is 4.93. The van der Waals surface area contributed by atoms with Gasteiger partial charge >= 0.3 is 6.03 Å². The van der Waals surface area contributed by atoms with Gasteiger partial charge in [0.25, 0.3) is 0 Å². The van der Waals surface area contributed by atoms with Crippen LogP contribution in [0.5, 0.6) is 0 Å². The molecule has 1 aliphatic rings. The SMILES string of the molecule is CCS(=O)(=O)C1CCN(C(=O)Nc2ccccc2)CC1. The molecule has 0 aliphatic carbocycles. The number of anilines is 1. The van der Waals surface area contributed by atoms with Crippen LogP contribution in [0.4, 0.5) is 10.5 Å². The van der Waals surface area contributed by atoms with Gasteiger partial charge in [-0.05, 0) is 25.0 Å². The summed E-state index contributed by atoms with van der Waals surface area (Å²) in [6.07, 6.45) is 1.05. The number of benzene rings is 1. The molecule has 1 saturated heterocycles. The minimum Gasteiger partial charge on any atom is -0.324 e. The number of para-hydroxylation sites is 1. The molecule has 2 amide bonds. The number of nitrogens with one attached hydrogen (secondary N) is 1. The summed E-state index contributed by atoms with van der Waals surface area (Å²) < 4.78 is 23.6. The summed E-state index contributed by atoms with van der Waals surface area (Å²) in [7, 11) is -2.99. The molecular weight excluding hydrogens is 276 g/mol. The first kappa shape index (κ1) is 14.8. The molecule has 1 fully saturated rings. The molecule has 0 atom stereocenters. The van der Waals surface area contributed by atoms with Crippen molar-refractivity contribution in [1.82, 2.24) is 4.90 Å². The summed E-state index contributed by atoms with van der Waals surface area (Å²) in [6, 6.07) is 9.09. The van der Waals surface area contributed by atoms with Gasteiger partial charge in [0, 0.05) is 24.5 Å². The fraction of sp³-hybridized carbons (Fsp3) is 0.500. The molecule has 0 aromatic heterocycles.